The summed E-state index contributed by atoms with van der Waals surface area (Å²) in [4.78, 5) is 24.7. The maximum atomic E-state index is 13.1. The Kier molecular flexibility index (Phi) is 5.18. The van der Waals surface area contributed by atoms with Crippen LogP contribution in [0.4, 0.5) is 4.39 Å². The lowest BCUT2D eigenvalue weighted by molar-refractivity contribution is 0.243. The van der Waals surface area contributed by atoms with Gasteiger partial charge in [-0.15, -0.1) is 11.3 Å². The summed E-state index contributed by atoms with van der Waals surface area (Å²) in [6.45, 7) is 4.43. The highest BCUT2D eigenvalue weighted by atomic mass is 32.1. The molecule has 3 aromatic rings. The molecule has 2 aromatic heterocycles. The molecule has 4 nitrogen and oxygen atoms in total. The monoisotopic (exact) mass is 383 g/mol. The van der Waals surface area contributed by atoms with E-state index in [0.717, 1.165) is 59.9 Å². The van der Waals surface area contributed by atoms with Crippen molar-refractivity contribution in [2.45, 2.75) is 39.3 Å². The fraction of sp³-hybridized carbons (Fsp3) is 0.333. The van der Waals surface area contributed by atoms with Crippen LogP contribution in [0.2, 0.25) is 0 Å². The van der Waals surface area contributed by atoms with Gasteiger partial charge in [0.25, 0.3) is 5.56 Å². The predicted molar refractivity (Wildman–Crippen MR) is 106 cm³/mol. The summed E-state index contributed by atoms with van der Waals surface area (Å²) in [5.74, 6) is 0.584. The first-order chi connectivity index (χ1) is 13.1. The van der Waals surface area contributed by atoms with E-state index in [1.807, 2.05) is 0 Å². The number of nitrogens with one attached hydrogen (secondary N) is 1. The van der Waals surface area contributed by atoms with E-state index in [0.29, 0.717) is 6.54 Å². The third-order valence-electron chi connectivity index (χ3n) is 4.85. The van der Waals surface area contributed by atoms with Gasteiger partial charge < -0.3 is 4.98 Å². The molecule has 1 N–H and O–H groups in total. The first-order valence-electron chi connectivity index (χ1n) is 9.30. The van der Waals surface area contributed by atoms with Gasteiger partial charge in [0.05, 0.1) is 11.3 Å². The molecule has 0 amide bonds. The molecular formula is C21H22FN3OS. The second-order valence-electron chi connectivity index (χ2n) is 6.92. The van der Waals surface area contributed by atoms with E-state index in [4.69, 9.17) is 0 Å². The number of aryl methyl sites for hydroxylation is 1. The number of rotatable bonds is 5. The Labute approximate surface area is 161 Å². The molecule has 27 heavy (non-hydrogen) atoms. The third kappa shape index (κ3) is 4.01. The molecule has 0 spiro atoms. The number of benzene rings is 1. The quantitative estimate of drug-likeness (QED) is 0.720. The van der Waals surface area contributed by atoms with Crippen LogP contribution in [0, 0.1) is 5.82 Å². The number of hydrogen-bond acceptors (Lipinski definition) is 4. The first kappa shape index (κ1) is 18.1. The maximum Gasteiger partial charge on any atom is 0.255 e. The number of aromatic nitrogens is 2. The Morgan fingerprint density at radius 1 is 1.22 bits per heavy atom. The van der Waals surface area contributed by atoms with Gasteiger partial charge in [-0.1, -0.05) is 19.1 Å². The van der Waals surface area contributed by atoms with E-state index in [9.17, 15) is 9.18 Å². The Hall–Kier alpha value is -2.31. The lowest BCUT2D eigenvalue weighted by atomic mass is 10.1. The topological polar surface area (TPSA) is 49.0 Å². The number of nitrogens with zero attached hydrogens (tertiary/aromatic N) is 2. The maximum absolute atomic E-state index is 13.1. The van der Waals surface area contributed by atoms with Crippen LogP contribution in [0.1, 0.15) is 35.3 Å². The van der Waals surface area contributed by atoms with E-state index in [1.54, 1.807) is 23.5 Å². The molecule has 0 fully saturated rings. The molecule has 0 unspecified atom stereocenters. The van der Waals surface area contributed by atoms with E-state index in [-0.39, 0.29) is 11.4 Å². The Balaban J connectivity index is 1.47. The van der Waals surface area contributed by atoms with Crippen molar-refractivity contribution in [2.75, 3.05) is 6.54 Å². The fourth-order valence-electron chi connectivity index (χ4n) is 3.48. The van der Waals surface area contributed by atoms with Crippen molar-refractivity contribution in [3.05, 3.63) is 74.5 Å². The van der Waals surface area contributed by atoms with Gasteiger partial charge in [-0.25, -0.2) is 9.37 Å². The van der Waals surface area contributed by atoms with Gasteiger partial charge in [0.2, 0.25) is 0 Å². The molecule has 0 aliphatic carbocycles. The second kappa shape index (κ2) is 7.74. The smallest absolute Gasteiger partial charge is 0.255 e. The minimum absolute atomic E-state index is 0.00586. The van der Waals surface area contributed by atoms with Crippen LogP contribution in [-0.4, -0.2) is 21.4 Å². The number of hydrogen-bond donors (Lipinski definition) is 1. The van der Waals surface area contributed by atoms with Crippen molar-refractivity contribution in [3.8, 4) is 10.4 Å². The summed E-state index contributed by atoms with van der Waals surface area (Å²) >= 11 is 1.71. The van der Waals surface area contributed by atoms with Crippen LogP contribution in [-0.2, 0) is 25.9 Å². The SMILES string of the molecule is CCCc1nc2c(c(=O)[nH]1)CN(Cc1ccc(-c3ccc(F)cc3)s1)CC2. The molecule has 1 aliphatic rings. The molecule has 140 valence electrons. The zero-order chi connectivity index (χ0) is 18.8. The summed E-state index contributed by atoms with van der Waals surface area (Å²) < 4.78 is 13.1. The van der Waals surface area contributed by atoms with Crippen molar-refractivity contribution >= 4 is 11.3 Å². The number of halogens is 1. The molecule has 3 heterocycles. The van der Waals surface area contributed by atoms with Gasteiger partial charge >= 0.3 is 0 Å². The van der Waals surface area contributed by atoms with E-state index in [2.05, 4.69) is 33.9 Å². The minimum atomic E-state index is -0.219. The Morgan fingerprint density at radius 3 is 2.81 bits per heavy atom. The molecule has 0 saturated carbocycles. The van der Waals surface area contributed by atoms with Gasteiger partial charge in [-0.3, -0.25) is 9.69 Å². The van der Waals surface area contributed by atoms with Crippen molar-refractivity contribution in [1.29, 1.82) is 0 Å². The molecule has 0 saturated heterocycles. The molecule has 0 atom stereocenters. The normalized spacial score (nSPS) is 14.3. The number of H-pyrrole nitrogens is 1. The number of aromatic amines is 1. The van der Waals surface area contributed by atoms with E-state index < -0.39 is 0 Å². The zero-order valence-corrected chi connectivity index (χ0v) is 16.1. The van der Waals surface area contributed by atoms with Crippen LogP contribution in [0.25, 0.3) is 10.4 Å². The third-order valence-corrected chi connectivity index (χ3v) is 5.97. The first-order valence-corrected chi connectivity index (χ1v) is 10.1. The van der Waals surface area contributed by atoms with Crippen molar-refractivity contribution in [3.63, 3.8) is 0 Å². The summed E-state index contributed by atoms with van der Waals surface area (Å²) in [6, 6.07) is 10.8. The largest absolute Gasteiger partial charge is 0.310 e. The van der Waals surface area contributed by atoms with Gasteiger partial charge in [-0.05, 0) is 36.2 Å². The van der Waals surface area contributed by atoms with Gasteiger partial charge in [0.15, 0.2) is 0 Å². The molecule has 6 heteroatoms. The van der Waals surface area contributed by atoms with Crippen molar-refractivity contribution in [1.82, 2.24) is 14.9 Å². The molecular weight excluding hydrogens is 361 g/mol. The lowest BCUT2D eigenvalue weighted by Crippen LogP contribution is -2.35. The van der Waals surface area contributed by atoms with Crippen LogP contribution in [0.5, 0.6) is 0 Å². The van der Waals surface area contributed by atoms with Gasteiger partial charge in [0.1, 0.15) is 11.6 Å². The highest BCUT2D eigenvalue weighted by Crippen LogP contribution is 2.29. The van der Waals surface area contributed by atoms with Crippen LogP contribution in [0.3, 0.4) is 0 Å². The highest BCUT2D eigenvalue weighted by Gasteiger charge is 2.21. The van der Waals surface area contributed by atoms with E-state index in [1.165, 1.54) is 17.0 Å². The van der Waals surface area contributed by atoms with Crippen LogP contribution in [0.15, 0.2) is 41.2 Å². The lowest BCUT2D eigenvalue weighted by Gasteiger charge is -2.27. The summed E-state index contributed by atoms with van der Waals surface area (Å²) in [5.41, 5.74) is 2.79. The molecule has 0 radical (unpaired) electrons. The Bertz CT molecular complexity index is 993. The second-order valence-corrected chi connectivity index (χ2v) is 8.09. The van der Waals surface area contributed by atoms with E-state index >= 15 is 0 Å². The van der Waals surface area contributed by atoms with Crippen molar-refractivity contribution < 1.29 is 4.39 Å². The average Bonchev–Trinajstić information content (AvgIpc) is 3.12. The molecule has 1 aromatic carbocycles. The highest BCUT2D eigenvalue weighted by molar-refractivity contribution is 7.15. The van der Waals surface area contributed by atoms with Gasteiger partial charge in [-0.2, -0.15) is 0 Å². The molecule has 1 aliphatic heterocycles. The summed E-state index contributed by atoms with van der Waals surface area (Å²) in [7, 11) is 0. The van der Waals surface area contributed by atoms with Crippen molar-refractivity contribution in [2.24, 2.45) is 0 Å². The van der Waals surface area contributed by atoms with Crippen LogP contribution >= 0.6 is 11.3 Å². The summed E-state index contributed by atoms with van der Waals surface area (Å²) in [5, 5.41) is 0. The fourth-order valence-corrected chi connectivity index (χ4v) is 4.53. The number of fused-ring (bicyclic) bond motifs is 1. The molecule has 4 rings (SSSR count). The Morgan fingerprint density at radius 2 is 2.04 bits per heavy atom. The predicted octanol–water partition coefficient (Wildman–Crippen LogP) is 4.15. The van der Waals surface area contributed by atoms with Gasteiger partial charge in [0, 0.05) is 42.2 Å². The standard InChI is InChI=1S/C21H22FN3OS/c1-2-3-20-23-18-10-11-25(13-17(18)21(26)24-20)12-16-8-9-19(27-16)14-4-6-15(22)7-5-14/h4-9H,2-3,10-13H2,1H3,(H,23,24,26). The molecule has 0 bridgehead atoms. The average molecular weight is 383 g/mol. The summed E-state index contributed by atoms with van der Waals surface area (Å²) in [6.07, 6.45) is 2.60. The minimum Gasteiger partial charge on any atom is -0.310 e. The zero-order valence-electron chi connectivity index (χ0n) is 15.3. The number of thiophene rings is 1. The van der Waals surface area contributed by atoms with Crippen LogP contribution < -0.4 is 5.56 Å².